The minimum Gasteiger partial charge on any atom is -0.494 e. The molecule has 0 radical (unpaired) electrons. The predicted molar refractivity (Wildman–Crippen MR) is 122 cm³/mol. The number of benzene rings is 2. The number of nitriles is 2. The van der Waals surface area contributed by atoms with Gasteiger partial charge in [-0.3, -0.25) is 4.79 Å². The van der Waals surface area contributed by atoms with E-state index >= 15 is 0 Å². The minimum atomic E-state index is -0.865. The molecule has 8 nitrogen and oxygen atoms in total. The highest BCUT2D eigenvalue weighted by Gasteiger charge is 2.16. The number of amides is 1. The number of nitrogens with zero attached hydrogens (tertiary/aromatic N) is 2. The molecule has 0 aliphatic rings. The molecule has 2 N–H and O–H groups in total. The largest absolute Gasteiger partial charge is 0.494 e. The van der Waals surface area contributed by atoms with Crippen LogP contribution in [0.5, 0.6) is 17.2 Å². The number of carbonyl (C=O) groups excluding carboxylic acids is 2. The van der Waals surface area contributed by atoms with Crippen LogP contribution in [0, 0.1) is 22.7 Å². The monoisotopic (exact) mass is 445 g/mol. The summed E-state index contributed by atoms with van der Waals surface area (Å²) in [5.41, 5.74) is 5.77. The van der Waals surface area contributed by atoms with Gasteiger partial charge in [0.1, 0.15) is 29.0 Å². The first-order valence-corrected chi connectivity index (χ1v) is 10.1. The van der Waals surface area contributed by atoms with Crippen molar-refractivity contribution in [1.82, 2.24) is 0 Å². The summed E-state index contributed by atoms with van der Waals surface area (Å²) in [5, 5.41) is 18.4. The third kappa shape index (κ3) is 7.27. The molecular formula is C25H23N3O5. The minimum absolute atomic E-state index is 0.0676. The number of esters is 1. The fraction of sp³-hybridized carbons (Fsp3) is 0.200. The highest BCUT2D eigenvalue weighted by Crippen LogP contribution is 2.30. The lowest BCUT2D eigenvalue weighted by molar-refractivity contribution is -0.129. The van der Waals surface area contributed by atoms with Crippen LogP contribution in [0.15, 0.2) is 53.6 Å². The Balaban J connectivity index is 2.19. The van der Waals surface area contributed by atoms with Gasteiger partial charge in [0.25, 0.3) is 5.91 Å². The SMILES string of the molecule is CCCCOc1ccc(/C=C(\C#N)C(=O)Oc2ccc(/C=C(\C#N)C(N)=O)cc2OC)cc1. The number of unbranched alkanes of at least 4 members (excludes halogenated alkanes) is 1. The molecule has 0 atom stereocenters. The molecule has 0 unspecified atom stereocenters. The van der Waals surface area contributed by atoms with Crippen LogP contribution in [0.4, 0.5) is 0 Å². The van der Waals surface area contributed by atoms with Gasteiger partial charge in [-0.1, -0.05) is 31.5 Å². The molecule has 0 saturated heterocycles. The summed E-state index contributed by atoms with van der Waals surface area (Å²) in [5.74, 6) is -0.784. The van der Waals surface area contributed by atoms with E-state index in [2.05, 4.69) is 6.92 Å². The van der Waals surface area contributed by atoms with E-state index in [9.17, 15) is 14.9 Å². The smallest absolute Gasteiger partial charge is 0.354 e. The molecule has 0 fully saturated rings. The third-order valence-electron chi connectivity index (χ3n) is 4.39. The quantitative estimate of drug-likeness (QED) is 0.193. The highest BCUT2D eigenvalue weighted by molar-refractivity contribution is 6.01. The van der Waals surface area contributed by atoms with E-state index in [-0.39, 0.29) is 22.6 Å². The zero-order valence-corrected chi connectivity index (χ0v) is 18.3. The molecule has 0 aliphatic carbocycles. The summed E-state index contributed by atoms with van der Waals surface area (Å²) in [6, 6.07) is 14.9. The van der Waals surface area contributed by atoms with Crippen LogP contribution in [0.2, 0.25) is 0 Å². The molecule has 168 valence electrons. The van der Waals surface area contributed by atoms with E-state index in [1.807, 2.05) is 6.07 Å². The zero-order valence-electron chi connectivity index (χ0n) is 18.3. The molecule has 8 heteroatoms. The number of primary amides is 1. The fourth-order valence-electron chi connectivity index (χ4n) is 2.64. The second-order valence-electron chi connectivity index (χ2n) is 6.77. The third-order valence-corrected chi connectivity index (χ3v) is 4.39. The first kappa shape index (κ1) is 24.7. The van der Waals surface area contributed by atoms with Crippen molar-refractivity contribution in [1.29, 1.82) is 10.5 Å². The normalized spacial score (nSPS) is 11.2. The van der Waals surface area contributed by atoms with E-state index in [0.29, 0.717) is 23.5 Å². The molecular weight excluding hydrogens is 422 g/mol. The van der Waals surface area contributed by atoms with E-state index in [0.717, 1.165) is 12.8 Å². The topological polar surface area (TPSA) is 135 Å². The van der Waals surface area contributed by atoms with Crippen LogP contribution in [-0.4, -0.2) is 25.6 Å². The Morgan fingerprint density at radius 2 is 1.61 bits per heavy atom. The average molecular weight is 445 g/mol. The van der Waals surface area contributed by atoms with E-state index in [1.54, 1.807) is 30.3 Å². The second kappa shape index (κ2) is 12.3. The highest BCUT2D eigenvalue weighted by atomic mass is 16.6. The Kier molecular flexibility index (Phi) is 9.23. The molecule has 0 aromatic heterocycles. The van der Waals surface area contributed by atoms with Crippen LogP contribution < -0.4 is 19.9 Å². The van der Waals surface area contributed by atoms with E-state index in [4.69, 9.17) is 25.2 Å². The van der Waals surface area contributed by atoms with Crippen molar-refractivity contribution in [3.8, 4) is 29.4 Å². The first-order valence-electron chi connectivity index (χ1n) is 10.1. The lowest BCUT2D eigenvalue weighted by atomic mass is 10.1. The van der Waals surface area contributed by atoms with Crippen LogP contribution in [0.25, 0.3) is 12.2 Å². The van der Waals surface area contributed by atoms with Crippen molar-refractivity contribution in [3.05, 3.63) is 64.7 Å². The van der Waals surface area contributed by atoms with Gasteiger partial charge in [-0.25, -0.2) is 4.79 Å². The molecule has 0 spiro atoms. The van der Waals surface area contributed by atoms with Crippen LogP contribution in [-0.2, 0) is 9.59 Å². The molecule has 0 heterocycles. The lowest BCUT2D eigenvalue weighted by Gasteiger charge is -2.10. The molecule has 33 heavy (non-hydrogen) atoms. The van der Waals surface area contributed by atoms with Gasteiger partial charge >= 0.3 is 5.97 Å². The van der Waals surface area contributed by atoms with E-state index < -0.39 is 11.9 Å². The van der Waals surface area contributed by atoms with Gasteiger partial charge in [0.05, 0.1) is 13.7 Å². The average Bonchev–Trinajstić information content (AvgIpc) is 2.82. The summed E-state index contributed by atoms with van der Waals surface area (Å²) in [7, 11) is 1.37. The van der Waals surface area contributed by atoms with Crippen molar-refractivity contribution in [3.63, 3.8) is 0 Å². The van der Waals surface area contributed by atoms with E-state index in [1.165, 1.54) is 37.5 Å². The Morgan fingerprint density at radius 3 is 2.18 bits per heavy atom. The molecule has 1 amide bonds. The second-order valence-corrected chi connectivity index (χ2v) is 6.77. The number of nitrogens with two attached hydrogens (primary N) is 1. The Labute approximate surface area is 192 Å². The van der Waals surface area contributed by atoms with Gasteiger partial charge in [0, 0.05) is 0 Å². The van der Waals surface area contributed by atoms with Gasteiger partial charge < -0.3 is 19.9 Å². The maximum Gasteiger partial charge on any atom is 0.354 e. The number of hydrogen-bond acceptors (Lipinski definition) is 7. The number of hydrogen-bond donors (Lipinski definition) is 1. The van der Waals surface area contributed by atoms with Crippen molar-refractivity contribution < 1.29 is 23.8 Å². The first-order chi connectivity index (χ1) is 15.9. The maximum atomic E-state index is 12.5. The van der Waals surface area contributed by atoms with Crippen molar-refractivity contribution >= 4 is 24.0 Å². The lowest BCUT2D eigenvalue weighted by Crippen LogP contribution is -2.12. The van der Waals surface area contributed by atoms with Crippen molar-refractivity contribution in [2.75, 3.05) is 13.7 Å². The molecule has 2 aromatic rings. The van der Waals surface area contributed by atoms with Crippen LogP contribution >= 0.6 is 0 Å². The predicted octanol–water partition coefficient (Wildman–Crippen LogP) is 3.78. The summed E-state index contributed by atoms with van der Waals surface area (Å²) in [6.07, 6.45) is 4.69. The summed E-state index contributed by atoms with van der Waals surface area (Å²) >= 11 is 0. The van der Waals surface area contributed by atoms with Gasteiger partial charge in [-0.15, -0.1) is 0 Å². The standard InChI is InChI=1S/C25H23N3O5/c1-3-4-11-32-21-8-5-17(6-9-21)12-20(16-27)25(30)33-22-10-7-18(14-23(22)31-2)13-19(15-26)24(28)29/h5-10,12-14H,3-4,11H2,1-2H3,(H2,28,29)/b19-13+,20-12+. The Bertz CT molecular complexity index is 1150. The van der Waals surface area contributed by atoms with Gasteiger partial charge in [-0.05, 0) is 54.0 Å². The molecule has 0 bridgehead atoms. The van der Waals surface area contributed by atoms with Crippen molar-refractivity contribution in [2.45, 2.75) is 19.8 Å². The number of methoxy groups -OCH3 is 1. The molecule has 2 aromatic carbocycles. The molecule has 2 rings (SSSR count). The maximum absolute atomic E-state index is 12.5. The fourth-order valence-corrected chi connectivity index (χ4v) is 2.64. The zero-order chi connectivity index (χ0) is 24.2. The van der Waals surface area contributed by atoms with Crippen molar-refractivity contribution in [2.24, 2.45) is 5.73 Å². The van der Waals surface area contributed by atoms with Crippen LogP contribution in [0.3, 0.4) is 0 Å². The Morgan fingerprint density at radius 1 is 0.970 bits per heavy atom. The number of carbonyl (C=O) groups is 2. The Hall–Kier alpha value is -4.56. The van der Waals surface area contributed by atoms with Gasteiger partial charge in [-0.2, -0.15) is 10.5 Å². The number of rotatable bonds is 10. The van der Waals surface area contributed by atoms with Gasteiger partial charge in [0.2, 0.25) is 0 Å². The summed E-state index contributed by atoms with van der Waals surface area (Å²) < 4.78 is 16.2. The molecule has 0 saturated carbocycles. The summed E-state index contributed by atoms with van der Waals surface area (Å²) in [4.78, 5) is 23.8. The molecule has 0 aliphatic heterocycles. The van der Waals surface area contributed by atoms with Crippen LogP contribution in [0.1, 0.15) is 30.9 Å². The summed E-state index contributed by atoms with van der Waals surface area (Å²) in [6.45, 7) is 2.70. The number of ether oxygens (including phenoxy) is 3. The van der Waals surface area contributed by atoms with Gasteiger partial charge in [0.15, 0.2) is 11.5 Å².